The molecule has 2 atom stereocenters. The molecule has 0 saturated heterocycles. The summed E-state index contributed by atoms with van der Waals surface area (Å²) in [6.07, 6.45) is -1.85. The van der Waals surface area contributed by atoms with Gasteiger partial charge in [0, 0.05) is 12.6 Å². The quantitative estimate of drug-likeness (QED) is 0.416. The van der Waals surface area contributed by atoms with Gasteiger partial charge in [-0.2, -0.15) is 0 Å². The van der Waals surface area contributed by atoms with E-state index < -0.39 is 12.3 Å². The SMILES string of the molecule is [B]OC[C@@H](O)C[C@H](F)C=N. The predicted octanol–water partition coefficient (Wildman–Crippen LogP) is -0.175. The molecule has 0 rings (SSSR count). The Morgan fingerprint density at radius 3 is 2.80 bits per heavy atom. The van der Waals surface area contributed by atoms with Crippen LogP contribution in [0.2, 0.25) is 0 Å². The first-order valence-electron chi connectivity index (χ1n) is 2.85. The number of aliphatic hydroxyl groups is 1. The summed E-state index contributed by atoms with van der Waals surface area (Å²) in [6.45, 7) is -0.103. The van der Waals surface area contributed by atoms with Crippen molar-refractivity contribution in [3.63, 3.8) is 0 Å². The van der Waals surface area contributed by atoms with Crippen LogP contribution in [0.1, 0.15) is 6.42 Å². The predicted molar refractivity (Wildman–Crippen MR) is 36.0 cm³/mol. The van der Waals surface area contributed by atoms with Gasteiger partial charge in [0.1, 0.15) is 6.17 Å². The number of hydrogen-bond donors (Lipinski definition) is 2. The first-order chi connectivity index (χ1) is 4.70. The van der Waals surface area contributed by atoms with Crippen LogP contribution in [0.25, 0.3) is 0 Å². The van der Waals surface area contributed by atoms with E-state index in [0.717, 1.165) is 0 Å². The van der Waals surface area contributed by atoms with Crippen LogP contribution in [0.15, 0.2) is 0 Å². The molecule has 10 heavy (non-hydrogen) atoms. The fraction of sp³-hybridized carbons (Fsp3) is 0.800. The molecular weight excluding hydrogens is 136 g/mol. The number of aliphatic hydroxyl groups excluding tert-OH is 1. The van der Waals surface area contributed by atoms with E-state index in [4.69, 9.17) is 10.5 Å². The molecule has 5 heteroatoms. The van der Waals surface area contributed by atoms with Crippen molar-refractivity contribution in [1.82, 2.24) is 0 Å². The summed E-state index contributed by atoms with van der Waals surface area (Å²) >= 11 is 0. The maximum Gasteiger partial charge on any atom is 0.282 e. The third-order valence-corrected chi connectivity index (χ3v) is 0.967. The fourth-order valence-electron chi connectivity index (χ4n) is 0.507. The lowest BCUT2D eigenvalue weighted by molar-refractivity contribution is 0.0914. The molecule has 0 aromatic rings. The molecule has 0 aliphatic carbocycles. The zero-order valence-electron chi connectivity index (χ0n) is 5.46. The minimum atomic E-state index is -1.41. The van der Waals surface area contributed by atoms with Gasteiger partial charge in [-0.15, -0.1) is 0 Å². The molecule has 0 aliphatic rings. The average molecular weight is 145 g/mol. The summed E-state index contributed by atoms with van der Waals surface area (Å²) in [6, 6.07) is 0. The van der Waals surface area contributed by atoms with Crippen LogP contribution in [0.5, 0.6) is 0 Å². The molecule has 0 heterocycles. The molecule has 0 fully saturated rings. The van der Waals surface area contributed by atoms with E-state index in [1.807, 2.05) is 0 Å². The summed E-state index contributed by atoms with van der Waals surface area (Å²) in [5.74, 6) is 0. The van der Waals surface area contributed by atoms with Crippen molar-refractivity contribution < 1.29 is 14.2 Å². The van der Waals surface area contributed by atoms with Gasteiger partial charge >= 0.3 is 0 Å². The minimum absolute atomic E-state index is 0.103. The third-order valence-electron chi connectivity index (χ3n) is 0.967. The van der Waals surface area contributed by atoms with E-state index in [1.54, 1.807) is 0 Å². The monoisotopic (exact) mass is 145 g/mol. The van der Waals surface area contributed by atoms with Gasteiger partial charge in [-0.1, -0.05) is 0 Å². The average Bonchev–Trinajstić information content (AvgIpc) is 1.88. The van der Waals surface area contributed by atoms with E-state index in [0.29, 0.717) is 6.21 Å². The van der Waals surface area contributed by atoms with Gasteiger partial charge in [0.2, 0.25) is 0 Å². The van der Waals surface area contributed by atoms with Crippen LogP contribution in [0.3, 0.4) is 0 Å². The van der Waals surface area contributed by atoms with Gasteiger partial charge in [-0.05, 0) is 0 Å². The lowest BCUT2D eigenvalue weighted by atomic mass is 10.2. The van der Waals surface area contributed by atoms with Crippen molar-refractivity contribution in [3.8, 4) is 0 Å². The van der Waals surface area contributed by atoms with Crippen LogP contribution in [-0.4, -0.2) is 38.3 Å². The molecule has 0 amide bonds. The van der Waals surface area contributed by atoms with Crippen molar-refractivity contribution in [1.29, 1.82) is 5.41 Å². The van der Waals surface area contributed by atoms with Crippen LogP contribution in [0, 0.1) is 5.41 Å². The Morgan fingerprint density at radius 1 is 1.80 bits per heavy atom. The molecule has 0 spiro atoms. The maximum absolute atomic E-state index is 12.2. The van der Waals surface area contributed by atoms with Crippen molar-refractivity contribution in [2.24, 2.45) is 0 Å². The highest BCUT2D eigenvalue weighted by atomic mass is 19.1. The Hall–Kier alpha value is -0.415. The van der Waals surface area contributed by atoms with Gasteiger partial charge in [0.05, 0.1) is 12.7 Å². The molecule has 2 N–H and O–H groups in total. The van der Waals surface area contributed by atoms with Crippen LogP contribution in [0.4, 0.5) is 4.39 Å². The molecule has 0 bridgehead atoms. The highest BCUT2D eigenvalue weighted by Gasteiger charge is 2.09. The zero-order valence-corrected chi connectivity index (χ0v) is 5.46. The first kappa shape index (κ1) is 9.58. The van der Waals surface area contributed by atoms with E-state index in [1.165, 1.54) is 0 Å². The second kappa shape index (κ2) is 5.38. The van der Waals surface area contributed by atoms with E-state index in [9.17, 15) is 4.39 Å². The van der Waals surface area contributed by atoms with Gasteiger partial charge in [-0.3, -0.25) is 0 Å². The largest absolute Gasteiger partial charge is 0.445 e. The highest BCUT2D eigenvalue weighted by Crippen LogP contribution is 1.99. The lowest BCUT2D eigenvalue weighted by Gasteiger charge is -2.09. The van der Waals surface area contributed by atoms with Crippen LogP contribution < -0.4 is 0 Å². The first-order valence-corrected chi connectivity index (χ1v) is 2.85. The highest BCUT2D eigenvalue weighted by molar-refractivity contribution is 5.97. The van der Waals surface area contributed by atoms with Crippen molar-refractivity contribution in [3.05, 3.63) is 0 Å². The summed E-state index contributed by atoms with van der Waals surface area (Å²) in [4.78, 5) is 0. The molecule has 0 aromatic carbocycles. The van der Waals surface area contributed by atoms with Gasteiger partial charge in [0.15, 0.2) is 0 Å². The smallest absolute Gasteiger partial charge is 0.282 e. The van der Waals surface area contributed by atoms with Crippen molar-refractivity contribution in [2.75, 3.05) is 6.61 Å². The van der Waals surface area contributed by atoms with Crippen molar-refractivity contribution >= 4 is 14.3 Å². The van der Waals surface area contributed by atoms with Crippen LogP contribution in [-0.2, 0) is 4.65 Å². The second-order valence-corrected chi connectivity index (χ2v) is 1.91. The van der Waals surface area contributed by atoms with E-state index >= 15 is 0 Å². The lowest BCUT2D eigenvalue weighted by Crippen LogP contribution is -2.20. The van der Waals surface area contributed by atoms with Gasteiger partial charge in [0.25, 0.3) is 8.05 Å². The normalized spacial score (nSPS) is 16.2. The standard InChI is InChI=1S/C5H9BFNO2/c6-10-3-5(9)1-4(7)2-8/h2,4-5,8-9H,1,3H2/t4-,5-/m0/s1. The number of nitrogens with one attached hydrogen (secondary N) is 1. The summed E-state index contributed by atoms with van der Waals surface area (Å²) in [7, 11) is 4.61. The maximum atomic E-state index is 12.2. The molecule has 2 radical (unpaired) electrons. The Labute approximate surface area is 60.1 Å². The Kier molecular flexibility index (Phi) is 5.15. The topological polar surface area (TPSA) is 53.3 Å². The third kappa shape index (κ3) is 4.46. The second-order valence-electron chi connectivity index (χ2n) is 1.91. The Balaban J connectivity index is 3.36. The summed E-state index contributed by atoms with van der Waals surface area (Å²) in [5, 5.41) is 15.3. The van der Waals surface area contributed by atoms with Gasteiger partial charge < -0.3 is 15.2 Å². The van der Waals surface area contributed by atoms with E-state index in [2.05, 4.69) is 12.7 Å². The number of halogens is 1. The molecule has 0 unspecified atom stereocenters. The summed E-state index contributed by atoms with van der Waals surface area (Å²) in [5.41, 5.74) is 0. The Morgan fingerprint density at radius 2 is 2.40 bits per heavy atom. The van der Waals surface area contributed by atoms with E-state index in [-0.39, 0.29) is 13.0 Å². The van der Waals surface area contributed by atoms with Crippen molar-refractivity contribution in [2.45, 2.75) is 18.7 Å². The van der Waals surface area contributed by atoms with Gasteiger partial charge in [-0.25, -0.2) is 4.39 Å². The molecular formula is C5H9BFNO2. The molecule has 0 saturated carbocycles. The Bertz CT molecular complexity index is 104. The minimum Gasteiger partial charge on any atom is -0.445 e. The molecule has 56 valence electrons. The number of alkyl halides is 1. The molecule has 3 nitrogen and oxygen atoms in total. The number of hydrogen-bond acceptors (Lipinski definition) is 3. The fourth-order valence-corrected chi connectivity index (χ4v) is 0.507. The number of rotatable bonds is 5. The van der Waals surface area contributed by atoms with Crippen LogP contribution >= 0.6 is 0 Å². The molecule has 0 aromatic heterocycles. The zero-order chi connectivity index (χ0) is 7.98. The molecule has 0 aliphatic heterocycles. The summed E-state index contributed by atoms with van der Waals surface area (Å²) < 4.78 is 16.3.